The summed E-state index contributed by atoms with van der Waals surface area (Å²) < 4.78 is 10.6. The Morgan fingerprint density at radius 3 is 2.63 bits per heavy atom. The van der Waals surface area contributed by atoms with Gasteiger partial charge in [-0.05, 0) is 31.5 Å². The average molecular weight is 267 g/mol. The number of nitrogens with zero attached hydrogens (tertiary/aromatic N) is 1. The normalized spacial score (nSPS) is 11.8. The number of ether oxygens (including phenoxy) is 2. The lowest BCUT2D eigenvalue weighted by atomic mass is 10.1. The maximum Gasteiger partial charge on any atom is 0.260 e. The van der Waals surface area contributed by atoms with Gasteiger partial charge in [-0.1, -0.05) is 6.07 Å². The lowest BCUT2D eigenvalue weighted by Crippen LogP contribution is -2.31. The molecular weight excluding hydrogens is 246 g/mol. The average Bonchev–Trinajstić information content (AvgIpc) is 2.43. The van der Waals surface area contributed by atoms with Gasteiger partial charge in [-0.15, -0.1) is 0 Å². The van der Waals surface area contributed by atoms with E-state index in [0.29, 0.717) is 18.0 Å². The second-order valence-corrected chi connectivity index (χ2v) is 4.28. The van der Waals surface area contributed by atoms with E-state index >= 15 is 0 Å². The quantitative estimate of drug-likeness (QED) is 0.850. The largest absolute Gasteiger partial charge is 0.493 e. The molecule has 1 aromatic carbocycles. The number of hydrogen-bond donors (Lipinski definition) is 1. The molecule has 5 nitrogen and oxygen atoms in total. The van der Waals surface area contributed by atoms with Gasteiger partial charge in [0.15, 0.2) is 18.1 Å². The number of carbonyl (C=O) groups excluding carboxylic acids is 1. The fourth-order valence-corrected chi connectivity index (χ4v) is 1.49. The van der Waals surface area contributed by atoms with Gasteiger partial charge in [0, 0.05) is 13.6 Å². The molecule has 0 bridgehead atoms. The number of aliphatic hydroxyl groups excluding tert-OH is 1. The summed E-state index contributed by atoms with van der Waals surface area (Å²) in [4.78, 5) is 13.2. The number of rotatable bonds is 6. The summed E-state index contributed by atoms with van der Waals surface area (Å²) in [5.41, 5.74) is 0.737. The van der Waals surface area contributed by atoms with Gasteiger partial charge in [0.05, 0.1) is 13.2 Å². The summed E-state index contributed by atoms with van der Waals surface area (Å²) in [7, 11) is 3.24. The van der Waals surface area contributed by atoms with Gasteiger partial charge < -0.3 is 19.5 Å². The first-order valence-corrected chi connectivity index (χ1v) is 6.22. The second-order valence-electron chi connectivity index (χ2n) is 4.28. The van der Waals surface area contributed by atoms with Gasteiger partial charge in [-0.2, -0.15) is 0 Å². The number of aliphatic hydroxyl groups is 1. The van der Waals surface area contributed by atoms with Crippen LogP contribution in [0.4, 0.5) is 0 Å². The smallest absolute Gasteiger partial charge is 0.260 e. The molecule has 1 N–H and O–H groups in total. The van der Waals surface area contributed by atoms with Crippen molar-refractivity contribution >= 4 is 5.91 Å². The molecular formula is C14H21NO4. The Kier molecular flexibility index (Phi) is 5.63. The second kappa shape index (κ2) is 6.99. The molecule has 0 spiro atoms. The summed E-state index contributed by atoms with van der Waals surface area (Å²) in [6.07, 6.45) is -0.573. The number of amides is 1. The predicted octanol–water partition coefficient (Wildman–Crippen LogP) is 1.61. The van der Waals surface area contributed by atoms with E-state index in [9.17, 15) is 9.90 Å². The number of benzene rings is 1. The molecule has 0 aromatic heterocycles. The van der Waals surface area contributed by atoms with E-state index in [1.807, 2.05) is 6.92 Å². The highest BCUT2D eigenvalue weighted by Gasteiger charge is 2.12. The van der Waals surface area contributed by atoms with Crippen molar-refractivity contribution in [2.24, 2.45) is 0 Å². The molecule has 0 aliphatic heterocycles. The summed E-state index contributed by atoms with van der Waals surface area (Å²) in [5.74, 6) is 0.902. The Hall–Kier alpha value is -1.75. The zero-order valence-electron chi connectivity index (χ0n) is 11.8. The number of likely N-dealkylation sites (N-methyl/N-ethyl adjacent to an activating group) is 1. The van der Waals surface area contributed by atoms with Crippen LogP contribution in [-0.2, 0) is 4.79 Å². The van der Waals surface area contributed by atoms with Crippen LogP contribution in [0.15, 0.2) is 18.2 Å². The Morgan fingerprint density at radius 1 is 1.42 bits per heavy atom. The van der Waals surface area contributed by atoms with Crippen molar-refractivity contribution in [2.75, 3.05) is 27.3 Å². The monoisotopic (exact) mass is 267 g/mol. The molecule has 106 valence electrons. The molecule has 0 radical (unpaired) electrons. The van der Waals surface area contributed by atoms with Gasteiger partial charge in [-0.25, -0.2) is 0 Å². The van der Waals surface area contributed by atoms with E-state index in [1.54, 1.807) is 37.1 Å². The van der Waals surface area contributed by atoms with E-state index < -0.39 is 6.10 Å². The van der Waals surface area contributed by atoms with Crippen molar-refractivity contribution in [3.8, 4) is 11.5 Å². The molecule has 1 amide bonds. The summed E-state index contributed by atoms with van der Waals surface area (Å²) >= 11 is 0. The van der Waals surface area contributed by atoms with Crippen LogP contribution in [0.25, 0.3) is 0 Å². The molecule has 0 heterocycles. The molecule has 0 saturated heterocycles. The van der Waals surface area contributed by atoms with Crippen LogP contribution < -0.4 is 9.47 Å². The first kappa shape index (κ1) is 15.3. The SMILES string of the molecule is CCN(C)C(=O)COc1ccc(C(C)O)cc1OC. The zero-order valence-corrected chi connectivity index (χ0v) is 11.8. The lowest BCUT2D eigenvalue weighted by Gasteiger charge is -2.16. The molecule has 5 heteroatoms. The summed E-state index contributed by atoms with van der Waals surface area (Å²) in [6.45, 7) is 4.18. The topological polar surface area (TPSA) is 59.0 Å². The Bertz CT molecular complexity index is 431. The molecule has 0 aliphatic carbocycles. The predicted molar refractivity (Wildman–Crippen MR) is 72.4 cm³/mol. The lowest BCUT2D eigenvalue weighted by molar-refractivity contribution is -0.131. The first-order chi connectivity index (χ1) is 8.99. The van der Waals surface area contributed by atoms with Crippen LogP contribution in [0.5, 0.6) is 11.5 Å². The standard InChI is InChI=1S/C14H21NO4/c1-5-15(3)14(17)9-19-12-7-6-11(10(2)16)8-13(12)18-4/h6-8,10,16H,5,9H2,1-4H3. The minimum atomic E-state index is -0.573. The highest BCUT2D eigenvalue weighted by Crippen LogP contribution is 2.30. The fraction of sp³-hybridized carbons (Fsp3) is 0.500. The Morgan fingerprint density at radius 2 is 2.11 bits per heavy atom. The van der Waals surface area contributed by atoms with Crippen LogP contribution in [0, 0.1) is 0 Å². The van der Waals surface area contributed by atoms with Crippen molar-refractivity contribution in [3.63, 3.8) is 0 Å². The molecule has 1 aromatic rings. The van der Waals surface area contributed by atoms with Crippen LogP contribution in [0.3, 0.4) is 0 Å². The van der Waals surface area contributed by atoms with Crippen molar-refractivity contribution < 1.29 is 19.4 Å². The van der Waals surface area contributed by atoms with E-state index in [-0.39, 0.29) is 12.5 Å². The van der Waals surface area contributed by atoms with E-state index in [1.165, 1.54) is 7.11 Å². The van der Waals surface area contributed by atoms with Crippen molar-refractivity contribution in [1.29, 1.82) is 0 Å². The third kappa shape index (κ3) is 4.13. The van der Waals surface area contributed by atoms with Crippen molar-refractivity contribution in [2.45, 2.75) is 20.0 Å². The van der Waals surface area contributed by atoms with Gasteiger partial charge in [0.2, 0.25) is 0 Å². The van der Waals surface area contributed by atoms with Gasteiger partial charge in [-0.3, -0.25) is 4.79 Å². The maximum atomic E-state index is 11.6. The van der Waals surface area contributed by atoms with Gasteiger partial charge in [0.1, 0.15) is 0 Å². The van der Waals surface area contributed by atoms with E-state index in [0.717, 1.165) is 5.56 Å². The summed E-state index contributed by atoms with van der Waals surface area (Å²) in [5, 5.41) is 9.50. The number of carbonyl (C=O) groups is 1. The molecule has 0 saturated carbocycles. The van der Waals surface area contributed by atoms with Gasteiger partial charge in [0.25, 0.3) is 5.91 Å². The number of hydrogen-bond acceptors (Lipinski definition) is 4. The fourth-order valence-electron chi connectivity index (χ4n) is 1.49. The molecule has 1 unspecified atom stereocenters. The van der Waals surface area contributed by atoms with Crippen LogP contribution in [-0.4, -0.2) is 43.2 Å². The maximum absolute atomic E-state index is 11.6. The zero-order chi connectivity index (χ0) is 14.4. The van der Waals surface area contributed by atoms with Crippen LogP contribution in [0.2, 0.25) is 0 Å². The Labute approximate surface area is 113 Å². The minimum absolute atomic E-state index is 0.0330. The molecule has 0 fully saturated rings. The number of methoxy groups -OCH3 is 1. The highest BCUT2D eigenvalue weighted by atomic mass is 16.5. The van der Waals surface area contributed by atoms with Crippen LogP contribution >= 0.6 is 0 Å². The summed E-state index contributed by atoms with van der Waals surface area (Å²) in [6, 6.07) is 5.14. The first-order valence-electron chi connectivity index (χ1n) is 6.22. The van der Waals surface area contributed by atoms with Crippen molar-refractivity contribution in [1.82, 2.24) is 4.90 Å². The minimum Gasteiger partial charge on any atom is -0.493 e. The van der Waals surface area contributed by atoms with E-state index in [4.69, 9.17) is 9.47 Å². The van der Waals surface area contributed by atoms with Crippen molar-refractivity contribution in [3.05, 3.63) is 23.8 Å². The third-order valence-corrected chi connectivity index (χ3v) is 2.92. The molecule has 1 atom stereocenters. The molecule has 0 aliphatic rings. The Balaban J connectivity index is 2.76. The van der Waals surface area contributed by atoms with E-state index in [2.05, 4.69) is 0 Å². The molecule has 1 rings (SSSR count). The van der Waals surface area contributed by atoms with Gasteiger partial charge >= 0.3 is 0 Å². The highest BCUT2D eigenvalue weighted by molar-refractivity contribution is 5.77. The third-order valence-electron chi connectivity index (χ3n) is 2.92. The molecule has 19 heavy (non-hydrogen) atoms. The van der Waals surface area contributed by atoms with Crippen LogP contribution in [0.1, 0.15) is 25.5 Å².